The number of nitrogens with one attached hydrogen (secondary N) is 1. The fraction of sp³-hybridized carbons (Fsp3) is 1.00. The average Bonchev–Trinajstić information content (AvgIpc) is 2.83. The van der Waals surface area contributed by atoms with Crippen molar-refractivity contribution in [1.82, 2.24) is 10.2 Å². The summed E-state index contributed by atoms with van der Waals surface area (Å²) >= 11 is 2.01. The number of hydrogen-bond acceptors (Lipinski definition) is 4. The summed E-state index contributed by atoms with van der Waals surface area (Å²) in [5.74, 6) is 3.15. The van der Waals surface area contributed by atoms with Crippen molar-refractivity contribution in [2.75, 3.05) is 44.3 Å². The maximum absolute atomic E-state index is 9.38. The lowest BCUT2D eigenvalue weighted by Crippen LogP contribution is -2.43. The second-order valence-corrected chi connectivity index (χ2v) is 5.54. The first kappa shape index (κ1) is 14.3. The first-order chi connectivity index (χ1) is 7.81. The van der Waals surface area contributed by atoms with Crippen molar-refractivity contribution < 1.29 is 5.11 Å². The lowest BCUT2D eigenvalue weighted by molar-refractivity contribution is 0.199. The summed E-state index contributed by atoms with van der Waals surface area (Å²) < 4.78 is 0. The van der Waals surface area contributed by atoms with Crippen LogP contribution in [0.4, 0.5) is 0 Å². The number of hydrogen-bond donors (Lipinski definition) is 2. The van der Waals surface area contributed by atoms with Crippen LogP contribution >= 0.6 is 11.8 Å². The van der Waals surface area contributed by atoms with E-state index >= 15 is 0 Å². The van der Waals surface area contributed by atoms with Gasteiger partial charge in [-0.2, -0.15) is 11.8 Å². The first-order valence-corrected chi connectivity index (χ1v) is 7.61. The molecule has 0 aromatic carbocycles. The van der Waals surface area contributed by atoms with Gasteiger partial charge in [-0.25, -0.2) is 0 Å². The summed E-state index contributed by atoms with van der Waals surface area (Å²) in [7, 11) is 0. The number of rotatable bonds is 8. The van der Waals surface area contributed by atoms with Gasteiger partial charge in [-0.05, 0) is 36.9 Å². The number of aliphatic hydroxyl groups excluding tert-OH is 1. The Bertz CT molecular complexity index is 170. The van der Waals surface area contributed by atoms with E-state index in [-0.39, 0.29) is 6.61 Å². The summed E-state index contributed by atoms with van der Waals surface area (Å²) in [5.41, 5.74) is 0. The Morgan fingerprint density at radius 3 is 2.69 bits per heavy atom. The van der Waals surface area contributed by atoms with Gasteiger partial charge in [0.15, 0.2) is 0 Å². The Labute approximate surface area is 104 Å². The zero-order valence-electron chi connectivity index (χ0n) is 10.6. The van der Waals surface area contributed by atoms with Gasteiger partial charge in [0, 0.05) is 19.1 Å². The molecule has 0 aromatic heterocycles. The molecule has 1 saturated heterocycles. The second kappa shape index (κ2) is 8.34. The van der Waals surface area contributed by atoms with E-state index in [0.29, 0.717) is 12.0 Å². The van der Waals surface area contributed by atoms with Crippen LogP contribution in [0.3, 0.4) is 0 Å². The SMILES string of the molecule is CCN(CC)CCNC(CO)C1CCSC1. The predicted molar refractivity (Wildman–Crippen MR) is 72.1 cm³/mol. The standard InChI is InChI=1S/C12H26N2OS/c1-3-14(4-2)7-6-13-12(9-15)11-5-8-16-10-11/h11-13,15H,3-10H2,1-2H3. The van der Waals surface area contributed by atoms with Gasteiger partial charge in [-0.1, -0.05) is 13.8 Å². The molecule has 0 bridgehead atoms. The van der Waals surface area contributed by atoms with E-state index in [4.69, 9.17) is 0 Å². The summed E-state index contributed by atoms with van der Waals surface area (Å²) in [6, 6.07) is 0.311. The van der Waals surface area contributed by atoms with Gasteiger partial charge in [0.05, 0.1) is 6.61 Å². The number of aliphatic hydroxyl groups is 1. The lowest BCUT2D eigenvalue weighted by atomic mass is 10.00. The Kier molecular flexibility index (Phi) is 7.45. The molecule has 2 N–H and O–H groups in total. The van der Waals surface area contributed by atoms with E-state index in [9.17, 15) is 5.11 Å². The van der Waals surface area contributed by atoms with Crippen molar-refractivity contribution in [2.45, 2.75) is 26.3 Å². The minimum atomic E-state index is 0.281. The molecule has 0 spiro atoms. The first-order valence-electron chi connectivity index (χ1n) is 6.46. The van der Waals surface area contributed by atoms with Crippen LogP contribution in [0.25, 0.3) is 0 Å². The third-order valence-electron chi connectivity index (χ3n) is 3.46. The average molecular weight is 246 g/mol. The zero-order valence-corrected chi connectivity index (χ0v) is 11.4. The number of nitrogens with zero attached hydrogens (tertiary/aromatic N) is 1. The van der Waals surface area contributed by atoms with Crippen LogP contribution in [0, 0.1) is 5.92 Å². The monoisotopic (exact) mass is 246 g/mol. The molecular formula is C12H26N2OS. The molecule has 0 amide bonds. The quantitative estimate of drug-likeness (QED) is 0.671. The van der Waals surface area contributed by atoms with E-state index in [1.54, 1.807) is 0 Å². The lowest BCUT2D eigenvalue weighted by Gasteiger charge is -2.24. The Morgan fingerprint density at radius 1 is 1.44 bits per heavy atom. The number of thioether (sulfide) groups is 1. The highest BCUT2D eigenvalue weighted by atomic mass is 32.2. The molecular weight excluding hydrogens is 220 g/mol. The van der Waals surface area contributed by atoms with E-state index in [1.165, 1.54) is 17.9 Å². The summed E-state index contributed by atoms with van der Waals surface area (Å²) in [6.07, 6.45) is 1.26. The molecule has 1 heterocycles. The van der Waals surface area contributed by atoms with Crippen LogP contribution in [0.5, 0.6) is 0 Å². The summed E-state index contributed by atoms with van der Waals surface area (Å²) in [5, 5.41) is 12.9. The molecule has 16 heavy (non-hydrogen) atoms. The van der Waals surface area contributed by atoms with Crippen LogP contribution in [-0.2, 0) is 0 Å². The third-order valence-corrected chi connectivity index (χ3v) is 4.65. The predicted octanol–water partition coefficient (Wildman–Crippen LogP) is 1.03. The Balaban J connectivity index is 2.17. The van der Waals surface area contributed by atoms with Crippen molar-refractivity contribution in [3.8, 4) is 0 Å². The molecule has 0 radical (unpaired) electrons. The summed E-state index contributed by atoms with van der Waals surface area (Å²) in [4.78, 5) is 2.41. The van der Waals surface area contributed by atoms with Crippen LogP contribution in [0.2, 0.25) is 0 Å². The van der Waals surface area contributed by atoms with Crippen molar-refractivity contribution in [3.63, 3.8) is 0 Å². The second-order valence-electron chi connectivity index (χ2n) is 4.39. The Morgan fingerprint density at radius 2 is 2.19 bits per heavy atom. The molecule has 3 nitrogen and oxygen atoms in total. The molecule has 2 atom stereocenters. The van der Waals surface area contributed by atoms with E-state index in [0.717, 1.165) is 26.2 Å². The molecule has 1 aliphatic rings. The third kappa shape index (κ3) is 4.62. The van der Waals surface area contributed by atoms with Gasteiger partial charge in [0.1, 0.15) is 0 Å². The normalized spacial score (nSPS) is 22.9. The van der Waals surface area contributed by atoms with Gasteiger partial charge in [-0.15, -0.1) is 0 Å². The van der Waals surface area contributed by atoms with Gasteiger partial charge in [0.2, 0.25) is 0 Å². The topological polar surface area (TPSA) is 35.5 Å². The van der Waals surface area contributed by atoms with Crippen LogP contribution < -0.4 is 5.32 Å². The van der Waals surface area contributed by atoms with Crippen LogP contribution in [0.1, 0.15) is 20.3 Å². The molecule has 4 heteroatoms. The molecule has 0 aromatic rings. The van der Waals surface area contributed by atoms with Crippen LogP contribution in [-0.4, -0.2) is 60.3 Å². The maximum Gasteiger partial charge on any atom is 0.0587 e. The van der Waals surface area contributed by atoms with E-state index < -0.39 is 0 Å². The maximum atomic E-state index is 9.38. The highest BCUT2D eigenvalue weighted by Gasteiger charge is 2.24. The molecule has 0 aliphatic carbocycles. The summed E-state index contributed by atoms with van der Waals surface area (Å²) in [6.45, 7) is 8.98. The highest BCUT2D eigenvalue weighted by molar-refractivity contribution is 7.99. The highest BCUT2D eigenvalue weighted by Crippen LogP contribution is 2.25. The molecule has 1 aliphatic heterocycles. The van der Waals surface area contributed by atoms with Gasteiger partial charge >= 0.3 is 0 Å². The largest absolute Gasteiger partial charge is 0.395 e. The molecule has 0 saturated carbocycles. The van der Waals surface area contributed by atoms with Crippen molar-refractivity contribution in [2.24, 2.45) is 5.92 Å². The molecule has 1 rings (SSSR count). The molecule has 2 unspecified atom stereocenters. The molecule has 96 valence electrons. The Hall–Kier alpha value is 0.230. The van der Waals surface area contributed by atoms with Crippen molar-refractivity contribution >= 4 is 11.8 Å². The van der Waals surface area contributed by atoms with Crippen LogP contribution in [0.15, 0.2) is 0 Å². The zero-order chi connectivity index (χ0) is 11.8. The van der Waals surface area contributed by atoms with Crippen molar-refractivity contribution in [1.29, 1.82) is 0 Å². The number of likely N-dealkylation sites (N-methyl/N-ethyl adjacent to an activating group) is 1. The minimum absolute atomic E-state index is 0.281. The molecule has 1 fully saturated rings. The van der Waals surface area contributed by atoms with Gasteiger partial charge in [-0.3, -0.25) is 0 Å². The van der Waals surface area contributed by atoms with Gasteiger partial charge in [0.25, 0.3) is 0 Å². The van der Waals surface area contributed by atoms with Crippen molar-refractivity contribution in [3.05, 3.63) is 0 Å². The minimum Gasteiger partial charge on any atom is -0.395 e. The van der Waals surface area contributed by atoms with E-state index in [1.807, 2.05) is 11.8 Å². The smallest absolute Gasteiger partial charge is 0.0587 e. The van der Waals surface area contributed by atoms with E-state index in [2.05, 4.69) is 24.1 Å². The van der Waals surface area contributed by atoms with Gasteiger partial charge < -0.3 is 15.3 Å². The fourth-order valence-electron chi connectivity index (χ4n) is 2.20. The fourth-order valence-corrected chi connectivity index (χ4v) is 3.54.